The lowest BCUT2D eigenvalue weighted by atomic mass is 9.70. The number of para-hydroxylation sites is 1. The number of amides is 1. The minimum absolute atomic E-state index is 0.0925. The van der Waals surface area contributed by atoms with Gasteiger partial charge in [-0.15, -0.1) is 5.54 Å². The number of rotatable bonds is 0. The summed E-state index contributed by atoms with van der Waals surface area (Å²) in [5, 5.41) is 0.0925. The molecule has 1 amide bonds. The van der Waals surface area contributed by atoms with Crippen molar-refractivity contribution in [2.75, 3.05) is 18.6 Å². The zero-order valence-corrected chi connectivity index (χ0v) is 23.1. The lowest BCUT2D eigenvalue weighted by Crippen LogP contribution is -2.47. The summed E-state index contributed by atoms with van der Waals surface area (Å²) in [7, 11) is -0.560. The number of cyclic esters (lactones) is 1. The topological polar surface area (TPSA) is 55.8 Å². The van der Waals surface area contributed by atoms with Crippen LogP contribution in [-0.2, 0) is 14.3 Å². The number of carbonyl (C=O) groups excluding carboxylic acids is 2. The summed E-state index contributed by atoms with van der Waals surface area (Å²) in [4.78, 5) is 27.9. The second kappa shape index (κ2) is 9.52. The highest BCUT2D eigenvalue weighted by molar-refractivity contribution is 6.87. The number of allylic oxidation sites excluding steroid dienone is 3. The predicted molar refractivity (Wildman–Crippen MR) is 146 cm³/mol. The second-order valence-corrected chi connectivity index (χ2v) is 15.9. The van der Waals surface area contributed by atoms with Crippen LogP contribution in [0.25, 0.3) is 5.57 Å². The highest BCUT2D eigenvalue weighted by Gasteiger charge is 2.44. The van der Waals surface area contributed by atoms with E-state index in [-0.39, 0.29) is 29.5 Å². The minimum Gasteiger partial charge on any atom is -0.458 e. The predicted octanol–water partition coefficient (Wildman–Crippen LogP) is 5.76. The molecule has 2 aliphatic heterocycles. The zero-order valence-electron chi connectivity index (χ0n) is 22.1. The number of ether oxygens (including phenoxy) is 2. The first kappa shape index (κ1) is 25.6. The van der Waals surface area contributed by atoms with Crippen molar-refractivity contribution in [2.24, 2.45) is 11.8 Å². The second-order valence-electron chi connectivity index (χ2n) is 10.9. The smallest absolute Gasteiger partial charge is 0.415 e. The molecule has 2 heterocycles. The molecule has 36 heavy (non-hydrogen) atoms. The third-order valence-corrected chi connectivity index (χ3v) is 12.2. The fraction of sp³-hybridized carbons (Fsp3) is 0.400. The average Bonchev–Trinajstić information content (AvgIpc) is 2.84. The van der Waals surface area contributed by atoms with Gasteiger partial charge >= 0.3 is 12.1 Å². The molecule has 5 nitrogen and oxygen atoms in total. The van der Waals surface area contributed by atoms with Crippen LogP contribution in [0.5, 0.6) is 0 Å². The summed E-state index contributed by atoms with van der Waals surface area (Å²) in [6.07, 6.45) is 4.83. The van der Waals surface area contributed by atoms with Crippen LogP contribution < -0.4 is 4.90 Å². The summed E-state index contributed by atoms with van der Waals surface area (Å²) in [6, 6.07) is 7.18. The normalized spacial score (nSPS) is 24.0. The Kier molecular flexibility index (Phi) is 6.77. The first-order valence-corrected chi connectivity index (χ1v) is 15.3. The van der Waals surface area contributed by atoms with Gasteiger partial charge in [0.2, 0.25) is 0 Å². The van der Waals surface area contributed by atoms with Crippen LogP contribution >= 0.6 is 0 Å². The Bertz CT molecular complexity index is 1320. The average molecular weight is 500 g/mol. The van der Waals surface area contributed by atoms with Crippen LogP contribution in [0.4, 0.5) is 10.5 Å². The summed E-state index contributed by atoms with van der Waals surface area (Å²) in [5.41, 5.74) is 7.75. The van der Waals surface area contributed by atoms with Gasteiger partial charge in [-0.3, -0.25) is 4.90 Å². The Labute approximate surface area is 215 Å². The molecule has 0 radical (unpaired) electrons. The fourth-order valence-electron chi connectivity index (χ4n) is 4.57. The van der Waals surface area contributed by atoms with E-state index in [1.165, 1.54) is 7.11 Å². The van der Waals surface area contributed by atoms with Gasteiger partial charge in [0.1, 0.15) is 20.7 Å². The Morgan fingerprint density at radius 1 is 1.25 bits per heavy atom. The van der Waals surface area contributed by atoms with Crippen molar-refractivity contribution < 1.29 is 19.1 Å². The molecule has 0 aromatic heterocycles. The van der Waals surface area contributed by atoms with E-state index < -0.39 is 20.2 Å². The Morgan fingerprint density at radius 3 is 2.67 bits per heavy atom. The van der Waals surface area contributed by atoms with E-state index in [9.17, 15) is 9.59 Å². The van der Waals surface area contributed by atoms with Crippen LogP contribution in [0.1, 0.15) is 33.3 Å². The molecule has 6 heteroatoms. The van der Waals surface area contributed by atoms with E-state index in [4.69, 9.17) is 9.47 Å². The summed E-state index contributed by atoms with van der Waals surface area (Å²) >= 11 is 0. The standard InChI is InChI=1S/C30H33NO4Si/c1-20-23-19-21(16-18-36(6,7)30(2,3)4)27-22-13-10-11-14-24(22)31(29(33)34-5)25(26(20)27)15-9-8-12-17-35-28(23)32/h8,10-14,19-21,25H,17H2,1-7H3/b12-8-/t20-,21+,25-/m0/s1. The van der Waals surface area contributed by atoms with E-state index in [1.807, 2.05) is 37.3 Å². The fourth-order valence-corrected chi connectivity index (χ4v) is 5.47. The van der Waals surface area contributed by atoms with Crippen molar-refractivity contribution in [3.63, 3.8) is 0 Å². The highest BCUT2D eigenvalue weighted by atomic mass is 28.3. The number of methoxy groups -OCH3 is 1. The molecule has 2 bridgehead atoms. The van der Waals surface area contributed by atoms with Gasteiger partial charge in [-0.1, -0.05) is 82.8 Å². The SMILES string of the molecule is COC(=O)N1c2ccccc2C2=C3[C@@H](C)C(=C[C@H]2C#C[Si](C)(C)C(C)(C)C)C(=O)OC/C=C\C#C[C@@H]31. The number of anilines is 1. The molecule has 0 fully saturated rings. The molecular weight excluding hydrogens is 466 g/mol. The molecule has 186 valence electrons. The number of carbonyl (C=O) groups is 2. The van der Waals surface area contributed by atoms with Crippen LogP contribution in [0, 0.1) is 35.1 Å². The largest absolute Gasteiger partial charge is 0.458 e. The Hall–Kier alpha value is -3.48. The van der Waals surface area contributed by atoms with E-state index >= 15 is 0 Å². The molecule has 3 atom stereocenters. The van der Waals surface area contributed by atoms with Gasteiger partial charge in [-0.25, -0.2) is 9.59 Å². The van der Waals surface area contributed by atoms with Crippen LogP contribution in [0.3, 0.4) is 0 Å². The van der Waals surface area contributed by atoms with Crippen molar-refractivity contribution in [2.45, 2.75) is 51.9 Å². The van der Waals surface area contributed by atoms with Gasteiger partial charge in [0.25, 0.3) is 0 Å². The lowest BCUT2D eigenvalue weighted by Gasteiger charge is -2.42. The summed E-state index contributed by atoms with van der Waals surface area (Å²) < 4.78 is 10.7. The first-order valence-electron chi connectivity index (χ1n) is 12.3. The molecule has 3 aliphatic rings. The van der Waals surface area contributed by atoms with Crippen LogP contribution in [-0.4, -0.2) is 39.9 Å². The Balaban J connectivity index is 2.04. The molecule has 0 saturated heterocycles. The van der Waals surface area contributed by atoms with Crippen molar-refractivity contribution in [3.05, 3.63) is 59.2 Å². The van der Waals surface area contributed by atoms with E-state index in [2.05, 4.69) is 57.2 Å². The molecule has 0 N–H and O–H groups in total. The molecule has 1 aliphatic carbocycles. The van der Waals surface area contributed by atoms with Gasteiger partial charge in [0.05, 0.1) is 18.7 Å². The minimum atomic E-state index is -1.93. The van der Waals surface area contributed by atoms with Crippen molar-refractivity contribution in [1.82, 2.24) is 0 Å². The van der Waals surface area contributed by atoms with Gasteiger partial charge in [0, 0.05) is 17.1 Å². The molecule has 1 aromatic carbocycles. The molecule has 0 unspecified atom stereocenters. The van der Waals surface area contributed by atoms with Crippen molar-refractivity contribution in [1.29, 1.82) is 0 Å². The van der Waals surface area contributed by atoms with Crippen molar-refractivity contribution >= 4 is 31.4 Å². The monoisotopic (exact) mass is 499 g/mol. The molecular formula is C30H33NO4Si. The van der Waals surface area contributed by atoms with Gasteiger partial charge in [0.15, 0.2) is 0 Å². The molecule has 1 aromatic rings. The number of fused-ring (bicyclic) bond motifs is 3. The number of benzene rings is 1. The van der Waals surface area contributed by atoms with Gasteiger partial charge < -0.3 is 9.47 Å². The van der Waals surface area contributed by atoms with E-state index in [0.29, 0.717) is 5.57 Å². The maximum Gasteiger partial charge on any atom is 0.415 e. The molecule has 4 rings (SSSR count). The number of hydrogen-bond acceptors (Lipinski definition) is 4. The highest BCUT2D eigenvalue weighted by Crippen LogP contribution is 2.49. The van der Waals surface area contributed by atoms with Crippen molar-refractivity contribution in [3.8, 4) is 23.3 Å². The summed E-state index contributed by atoms with van der Waals surface area (Å²) in [5.74, 6) is 8.88. The number of hydrogen-bond donors (Lipinski definition) is 0. The third-order valence-electron chi connectivity index (χ3n) is 7.66. The molecule has 0 saturated carbocycles. The third kappa shape index (κ3) is 4.42. The quantitative estimate of drug-likeness (QED) is 0.259. The maximum atomic E-state index is 13.2. The lowest BCUT2D eigenvalue weighted by molar-refractivity contribution is -0.138. The first-order chi connectivity index (χ1) is 17.0. The number of esters is 1. The summed E-state index contributed by atoms with van der Waals surface area (Å²) in [6.45, 7) is 13.4. The van der Waals surface area contributed by atoms with Gasteiger partial charge in [-0.2, -0.15) is 0 Å². The Morgan fingerprint density at radius 2 is 1.97 bits per heavy atom. The zero-order chi connectivity index (χ0) is 26.3. The van der Waals surface area contributed by atoms with Crippen LogP contribution in [0.15, 0.2) is 53.6 Å². The molecule has 0 spiro atoms. The van der Waals surface area contributed by atoms with E-state index in [0.717, 1.165) is 22.4 Å². The van der Waals surface area contributed by atoms with E-state index in [1.54, 1.807) is 17.1 Å². The number of nitrogens with zero attached hydrogens (tertiary/aromatic N) is 1. The van der Waals surface area contributed by atoms with Crippen LogP contribution in [0.2, 0.25) is 18.1 Å². The van der Waals surface area contributed by atoms with Gasteiger partial charge in [-0.05, 0) is 34.4 Å². The maximum absolute atomic E-state index is 13.2.